The van der Waals surface area contributed by atoms with Crippen molar-refractivity contribution in [2.45, 2.75) is 40.0 Å². The molecule has 2 aromatic rings. The summed E-state index contributed by atoms with van der Waals surface area (Å²) in [6.07, 6.45) is 3.14. The summed E-state index contributed by atoms with van der Waals surface area (Å²) in [5, 5.41) is 7.14. The third kappa shape index (κ3) is 5.15. The van der Waals surface area contributed by atoms with Crippen LogP contribution in [-0.4, -0.2) is 46.1 Å². The van der Waals surface area contributed by atoms with Crippen LogP contribution in [-0.2, 0) is 11.2 Å². The third-order valence-electron chi connectivity index (χ3n) is 4.49. The summed E-state index contributed by atoms with van der Waals surface area (Å²) in [7, 11) is 0. The molecule has 1 heterocycles. The van der Waals surface area contributed by atoms with Crippen molar-refractivity contribution in [3.63, 3.8) is 0 Å². The number of aromatic nitrogens is 2. The monoisotopic (exact) mass is 374 g/mol. The fourth-order valence-electron chi connectivity index (χ4n) is 2.98. The molecule has 0 saturated carbocycles. The fourth-order valence-corrected chi connectivity index (χ4v) is 2.98. The summed E-state index contributed by atoms with van der Waals surface area (Å²) in [5.41, 5.74) is 1.97. The molecule has 0 aliphatic rings. The minimum absolute atomic E-state index is 0.104. The highest BCUT2D eigenvalue weighted by Gasteiger charge is 2.17. The van der Waals surface area contributed by atoms with E-state index in [9.17, 15) is 14.0 Å². The van der Waals surface area contributed by atoms with Crippen molar-refractivity contribution < 1.29 is 14.0 Å². The molecule has 146 valence electrons. The maximum atomic E-state index is 13.1. The number of benzene rings is 1. The Bertz CT molecular complexity index is 767. The van der Waals surface area contributed by atoms with Crippen molar-refractivity contribution in [2.24, 2.45) is 0 Å². The van der Waals surface area contributed by atoms with E-state index in [0.29, 0.717) is 50.1 Å². The van der Waals surface area contributed by atoms with Gasteiger partial charge < -0.3 is 10.2 Å². The van der Waals surface area contributed by atoms with Crippen LogP contribution in [0, 0.1) is 5.82 Å². The van der Waals surface area contributed by atoms with Gasteiger partial charge in [0.2, 0.25) is 5.91 Å². The molecule has 0 radical (unpaired) electrons. The number of nitrogens with one attached hydrogen (secondary N) is 1. The first-order valence-electron chi connectivity index (χ1n) is 9.40. The molecule has 0 bridgehead atoms. The molecule has 2 amide bonds. The summed E-state index contributed by atoms with van der Waals surface area (Å²) in [5.74, 6) is -0.427. The van der Waals surface area contributed by atoms with E-state index in [4.69, 9.17) is 0 Å². The summed E-state index contributed by atoms with van der Waals surface area (Å²) >= 11 is 0. The van der Waals surface area contributed by atoms with Crippen molar-refractivity contribution in [1.29, 1.82) is 0 Å². The zero-order valence-corrected chi connectivity index (χ0v) is 16.2. The number of carbonyl (C=O) groups is 2. The molecule has 27 heavy (non-hydrogen) atoms. The number of hydrogen-bond donors (Lipinski definition) is 1. The summed E-state index contributed by atoms with van der Waals surface area (Å²) in [4.78, 5) is 26.3. The van der Waals surface area contributed by atoms with Crippen LogP contribution in [0.4, 0.5) is 4.39 Å². The largest absolute Gasteiger partial charge is 0.352 e. The first-order valence-corrected chi connectivity index (χ1v) is 9.40. The molecular weight excluding hydrogens is 347 g/mol. The molecule has 7 heteroatoms. The van der Waals surface area contributed by atoms with Gasteiger partial charge in [-0.2, -0.15) is 5.10 Å². The van der Waals surface area contributed by atoms with Crippen molar-refractivity contribution >= 4 is 11.8 Å². The molecule has 6 nitrogen and oxygen atoms in total. The van der Waals surface area contributed by atoms with Gasteiger partial charge in [-0.25, -0.2) is 9.07 Å². The van der Waals surface area contributed by atoms with Crippen LogP contribution in [0.2, 0.25) is 0 Å². The topological polar surface area (TPSA) is 67.2 Å². The zero-order chi connectivity index (χ0) is 19.8. The number of rotatable bonds is 9. The van der Waals surface area contributed by atoms with Crippen LogP contribution in [0.3, 0.4) is 0 Å². The molecule has 0 saturated heterocycles. The standard InChI is InChI=1S/C20H27FN4O2/c1-4-18-17(14-23-25(18)16-11-9-15(21)10-12-16)20(27)22-13-7-8-19(26)24(5-2)6-3/h9-12,14H,4-8,13H2,1-3H3,(H,22,27). The van der Waals surface area contributed by atoms with Crippen LogP contribution >= 0.6 is 0 Å². The van der Waals surface area contributed by atoms with Crippen molar-refractivity contribution in [3.05, 3.63) is 47.5 Å². The summed E-state index contributed by atoms with van der Waals surface area (Å²) in [6.45, 7) is 7.67. The van der Waals surface area contributed by atoms with E-state index in [0.717, 1.165) is 5.69 Å². The first kappa shape index (κ1) is 20.6. The van der Waals surface area contributed by atoms with Crippen LogP contribution in [0.5, 0.6) is 0 Å². The molecule has 1 N–H and O–H groups in total. The van der Waals surface area contributed by atoms with Gasteiger partial charge >= 0.3 is 0 Å². The second kappa shape index (κ2) is 9.85. The Kier molecular flexibility index (Phi) is 7.52. The van der Waals surface area contributed by atoms with E-state index in [1.54, 1.807) is 21.7 Å². The van der Waals surface area contributed by atoms with Crippen LogP contribution in [0.15, 0.2) is 30.5 Å². The maximum Gasteiger partial charge on any atom is 0.254 e. The average molecular weight is 374 g/mol. The lowest BCUT2D eigenvalue weighted by molar-refractivity contribution is -0.130. The van der Waals surface area contributed by atoms with E-state index in [-0.39, 0.29) is 17.6 Å². The van der Waals surface area contributed by atoms with E-state index in [2.05, 4.69) is 10.4 Å². The van der Waals surface area contributed by atoms with E-state index in [1.807, 2.05) is 20.8 Å². The summed E-state index contributed by atoms with van der Waals surface area (Å²) in [6, 6.07) is 5.98. The van der Waals surface area contributed by atoms with Gasteiger partial charge in [-0.1, -0.05) is 6.92 Å². The Morgan fingerprint density at radius 1 is 1.15 bits per heavy atom. The molecule has 0 fully saturated rings. The van der Waals surface area contributed by atoms with Gasteiger partial charge in [0.1, 0.15) is 5.82 Å². The molecule has 0 aliphatic carbocycles. The Morgan fingerprint density at radius 3 is 2.41 bits per heavy atom. The lowest BCUT2D eigenvalue weighted by Gasteiger charge is -2.18. The summed E-state index contributed by atoms with van der Waals surface area (Å²) < 4.78 is 14.8. The highest BCUT2D eigenvalue weighted by Crippen LogP contribution is 2.16. The van der Waals surface area contributed by atoms with Gasteiger partial charge in [-0.05, 0) is 51.0 Å². The van der Waals surface area contributed by atoms with E-state index in [1.165, 1.54) is 18.3 Å². The van der Waals surface area contributed by atoms with Gasteiger partial charge in [0.15, 0.2) is 0 Å². The lowest BCUT2D eigenvalue weighted by atomic mass is 10.2. The van der Waals surface area contributed by atoms with Crippen molar-refractivity contribution in [1.82, 2.24) is 20.0 Å². The predicted molar refractivity (Wildman–Crippen MR) is 102 cm³/mol. The van der Waals surface area contributed by atoms with Crippen LogP contribution < -0.4 is 5.32 Å². The molecule has 1 aromatic heterocycles. The average Bonchev–Trinajstić information content (AvgIpc) is 3.10. The molecular formula is C20H27FN4O2. The van der Waals surface area contributed by atoms with E-state index >= 15 is 0 Å². The number of carbonyl (C=O) groups excluding carboxylic acids is 2. The zero-order valence-electron chi connectivity index (χ0n) is 16.2. The Morgan fingerprint density at radius 2 is 1.81 bits per heavy atom. The smallest absolute Gasteiger partial charge is 0.254 e. The predicted octanol–water partition coefficient (Wildman–Crippen LogP) is 2.95. The molecule has 2 rings (SSSR count). The molecule has 0 spiro atoms. The minimum Gasteiger partial charge on any atom is -0.352 e. The molecule has 0 atom stereocenters. The van der Waals surface area contributed by atoms with Gasteiger partial charge in [0.05, 0.1) is 23.1 Å². The Balaban J connectivity index is 1.97. The number of amides is 2. The Hall–Kier alpha value is -2.70. The Labute approximate surface area is 159 Å². The highest BCUT2D eigenvalue weighted by molar-refractivity contribution is 5.95. The second-order valence-corrected chi connectivity index (χ2v) is 6.17. The normalized spacial score (nSPS) is 10.7. The van der Waals surface area contributed by atoms with Gasteiger partial charge in [0.25, 0.3) is 5.91 Å². The molecule has 1 aromatic carbocycles. The van der Waals surface area contributed by atoms with Gasteiger partial charge in [0, 0.05) is 26.1 Å². The number of hydrogen-bond acceptors (Lipinski definition) is 3. The second-order valence-electron chi connectivity index (χ2n) is 6.17. The molecule has 0 unspecified atom stereocenters. The van der Waals surface area contributed by atoms with Crippen LogP contribution in [0.25, 0.3) is 5.69 Å². The quantitative estimate of drug-likeness (QED) is 0.686. The van der Waals surface area contributed by atoms with E-state index < -0.39 is 0 Å². The maximum absolute atomic E-state index is 13.1. The minimum atomic E-state index is -0.318. The van der Waals surface area contributed by atoms with Gasteiger partial charge in [-0.15, -0.1) is 0 Å². The number of nitrogens with zero attached hydrogens (tertiary/aromatic N) is 3. The third-order valence-corrected chi connectivity index (χ3v) is 4.49. The SMILES string of the molecule is CCc1c(C(=O)NCCCC(=O)N(CC)CC)cnn1-c1ccc(F)cc1. The lowest BCUT2D eigenvalue weighted by Crippen LogP contribution is -2.31. The van der Waals surface area contributed by atoms with Crippen LogP contribution in [0.1, 0.15) is 49.7 Å². The molecule has 0 aliphatic heterocycles. The van der Waals surface area contributed by atoms with Crippen molar-refractivity contribution in [3.8, 4) is 5.69 Å². The fraction of sp³-hybridized carbons (Fsp3) is 0.450. The van der Waals surface area contributed by atoms with Crippen molar-refractivity contribution in [2.75, 3.05) is 19.6 Å². The first-order chi connectivity index (χ1) is 13.0. The highest BCUT2D eigenvalue weighted by atomic mass is 19.1. The number of halogens is 1. The van der Waals surface area contributed by atoms with Gasteiger partial charge in [-0.3, -0.25) is 9.59 Å².